The molecule has 700 valence electrons. The molecule has 32 heteroatoms. The standard InChI is InChI=1S/C49H54N2O10S2.C32H34N2O5S.C23H27NO5S.3Na/c1-48(30-16-6-14-24-46(52)53)40-32-38(62-61-60-56)26-28-42(40)50(34-36-18-8-3-9-19-36)44(48)22-12-5-13-23-45-49(2,31-17-7-15-25-47(54)55)41-33-39(63(57,58)59)27-29-43(41)51(45)35-37-20-10-4-11-21-37;1-32(21-11-4-9-18-31(35)36)28-23-27(40-39-38-37)19-20-29(28)34(24-25-13-5-2-6-14-25)30(32)17-10-12-22-33-26-15-7-3-8-16-26;1-17-23(2,14-8-4-7-11-22(25)26)20-15-19(30-29-28-27)12-13-21(20)24(17)16-18-9-5-3-6-10-18;;;/h3-5,8-13,18-23,26-29,32-33H,6-7,14-17,24-25,30-31,34-35H2,1-2H3,(H3-,52,53,54,55,56,57,58,59);2-3,5-8,10,12-17,19-20,22-23,37H,4,9,11,18,21,24H2,1H3,(H,35,36);3,5-6,9-10,12-13,15H,4,7-8,11,14,16H2,1-2H3,(H-,25,26,27);;;/q;;;3*+1/p-2/t48-,49?;32-;23-;;;/m110.../s1. The Morgan fingerprint density at radius 1 is 0.404 bits per heavy atom. The molecular weight excluding hydrogens is 1840 g/mol. The number of carboxylic acids is 4. The number of hydrogen-bond acceptors (Lipinski definition) is 22. The molecule has 4 aliphatic rings. The van der Waals surface area contributed by atoms with Crippen LogP contribution in [0.25, 0.3) is 0 Å². The van der Waals surface area contributed by atoms with E-state index in [1.165, 1.54) is 34.5 Å². The zero-order valence-electron chi connectivity index (χ0n) is 78.2. The molecule has 9 aromatic carbocycles. The number of aliphatic imine (C=N–C) groups is 1. The van der Waals surface area contributed by atoms with Crippen molar-refractivity contribution < 1.29 is 194 Å². The maximum Gasteiger partial charge on any atom is 1.00 e. The van der Waals surface area contributed by atoms with E-state index in [4.69, 9.17) is 14.5 Å². The van der Waals surface area contributed by atoms with Crippen LogP contribution in [0.5, 0.6) is 0 Å². The van der Waals surface area contributed by atoms with Gasteiger partial charge in [-0.1, -0.05) is 215 Å². The average Bonchev–Trinajstić information content (AvgIpc) is 1.55. The van der Waals surface area contributed by atoms with E-state index < -0.39 is 44.8 Å². The van der Waals surface area contributed by atoms with Crippen LogP contribution in [0.4, 0.5) is 28.4 Å². The number of rotatable bonds is 48. The predicted molar refractivity (Wildman–Crippen MR) is 509 cm³/mol. The number of fused-ring (bicyclic) bond motifs is 4. The Morgan fingerprint density at radius 3 is 1.18 bits per heavy atom. The van der Waals surface area contributed by atoms with Crippen molar-refractivity contribution in [3.05, 3.63) is 329 Å². The molecule has 0 aromatic heterocycles. The fourth-order valence-electron chi connectivity index (χ4n) is 18.2. The second kappa shape index (κ2) is 56.3. The number of hydrogen-bond donors (Lipinski definition) is 4. The molecule has 25 nitrogen and oxygen atoms in total. The monoisotopic (exact) mass is 1950 g/mol. The van der Waals surface area contributed by atoms with Gasteiger partial charge in [0, 0.05) is 141 Å². The zero-order valence-corrected chi connectivity index (χ0v) is 87.5. The molecular formula is C104H113N5Na3O20S4+. The summed E-state index contributed by atoms with van der Waals surface area (Å²) in [4.78, 5) is 55.3. The van der Waals surface area contributed by atoms with E-state index in [1.54, 1.807) is 12.3 Å². The molecule has 0 bridgehead atoms. The van der Waals surface area contributed by atoms with Gasteiger partial charge in [-0.15, -0.1) is 0 Å². The maximum absolute atomic E-state index is 12.3. The molecule has 1 unspecified atom stereocenters. The predicted octanol–water partition coefficient (Wildman–Crippen LogP) is 12.0. The van der Waals surface area contributed by atoms with Crippen molar-refractivity contribution in [2.45, 2.75) is 230 Å². The minimum Gasteiger partial charge on any atom is -0.744 e. The molecule has 0 fully saturated rings. The Labute approximate surface area is 876 Å². The third kappa shape index (κ3) is 31.4. The average molecular weight is 1950 g/mol. The second-order valence-electron chi connectivity index (χ2n) is 34.1. The van der Waals surface area contributed by atoms with Gasteiger partial charge in [-0.3, -0.25) is 39.3 Å². The number of anilines is 2. The van der Waals surface area contributed by atoms with E-state index in [2.05, 4.69) is 155 Å². The number of carboxylic acid groups (broad SMARTS) is 4. The number of para-hydroxylation sites is 1. The number of carbonyl (C=O) groups is 4. The first-order chi connectivity index (χ1) is 64.2. The number of aliphatic carboxylic acids is 4. The molecule has 0 radical (unpaired) electrons. The summed E-state index contributed by atoms with van der Waals surface area (Å²) in [6, 6.07) is 73.1. The Bertz CT molecular complexity index is 5830. The first-order valence-corrected chi connectivity index (χ1v) is 48.1. The summed E-state index contributed by atoms with van der Waals surface area (Å²) < 4.78 is 55.4. The maximum atomic E-state index is 12.3. The van der Waals surface area contributed by atoms with Gasteiger partial charge in [-0.05, 0) is 192 Å². The van der Waals surface area contributed by atoms with Gasteiger partial charge < -0.3 is 50.6 Å². The fourth-order valence-corrected chi connectivity index (χ4v) is 19.9. The Balaban J connectivity index is 0.000000267. The first kappa shape index (κ1) is 113. The van der Waals surface area contributed by atoms with Gasteiger partial charge >= 0.3 is 113 Å². The third-order valence-corrected chi connectivity index (χ3v) is 27.7. The molecule has 0 aliphatic carbocycles. The van der Waals surface area contributed by atoms with E-state index in [1.807, 2.05) is 182 Å². The van der Waals surface area contributed by atoms with Crippen molar-refractivity contribution in [2.75, 3.05) is 9.80 Å². The summed E-state index contributed by atoms with van der Waals surface area (Å²) in [7, 11) is -4.74. The SMILES string of the molecule is CC1(CCCCCC(=O)O)C(=CC=CC=CC2=[N+](Cc3ccccc3)c3ccc(SOO[O-])cc3[C@@]2(C)CCCCCC(=O)O)N(Cc2ccccc2)c2ccc(S(=O)(=O)[O-])cc21.CC1=[N+](Cc2ccccc2)c2ccc(SOO[O-])cc2[C@@]1(C)CCCCCC(=O)O.C[C@]1(CCCCCC(=O)O)C(=CC=CC=Nc2ccccc2)N(Cc2ccccc2)c2ccc(SOO[O-])cc21.[Na+].[Na+].[Na+]. The molecule has 4 atom stereocenters. The van der Waals surface area contributed by atoms with Crippen LogP contribution in [-0.4, -0.2) is 84.1 Å². The summed E-state index contributed by atoms with van der Waals surface area (Å²) in [5.41, 5.74) is 16.2. The van der Waals surface area contributed by atoms with Crippen molar-refractivity contribution in [3.63, 3.8) is 0 Å². The van der Waals surface area contributed by atoms with Crippen LogP contribution < -0.4 is 114 Å². The van der Waals surface area contributed by atoms with Crippen LogP contribution in [-0.2, 0) is 105 Å². The van der Waals surface area contributed by atoms with Crippen molar-refractivity contribution in [3.8, 4) is 0 Å². The number of allylic oxidation sites excluding steroid dienone is 10. The summed E-state index contributed by atoms with van der Waals surface area (Å²) in [6.07, 6.45) is 30.3. The summed E-state index contributed by atoms with van der Waals surface area (Å²) in [6.45, 7) is 13.4. The number of benzene rings is 9. The number of unbranched alkanes of at least 4 members (excludes halogenated alkanes) is 8. The van der Waals surface area contributed by atoms with Crippen molar-refractivity contribution in [1.82, 2.24) is 0 Å². The van der Waals surface area contributed by atoms with Crippen molar-refractivity contribution in [1.29, 1.82) is 0 Å². The Hall–Kier alpha value is -8.23. The zero-order chi connectivity index (χ0) is 94.8. The van der Waals surface area contributed by atoms with E-state index in [-0.39, 0.29) is 130 Å². The van der Waals surface area contributed by atoms with Crippen LogP contribution in [0.3, 0.4) is 0 Å². The fraction of sp³-hybridized carbons (Fsp3) is 0.317. The first-order valence-electron chi connectivity index (χ1n) is 44.5. The van der Waals surface area contributed by atoms with Crippen LogP contribution in [0, 0.1) is 0 Å². The van der Waals surface area contributed by atoms with E-state index >= 15 is 0 Å². The normalized spacial score (nSPS) is 18.0. The van der Waals surface area contributed by atoms with E-state index in [9.17, 15) is 58.1 Å². The summed E-state index contributed by atoms with van der Waals surface area (Å²) in [5.74, 6) is -3.18. The summed E-state index contributed by atoms with van der Waals surface area (Å²) in [5, 5.41) is 78.6. The van der Waals surface area contributed by atoms with Gasteiger partial charge in [-0.2, -0.15) is 22.2 Å². The van der Waals surface area contributed by atoms with Gasteiger partial charge in [0.05, 0.1) is 57.5 Å². The van der Waals surface area contributed by atoms with Crippen LogP contribution >= 0.6 is 36.1 Å². The molecule has 0 saturated heterocycles. The van der Waals surface area contributed by atoms with Crippen molar-refractivity contribution >= 4 is 116 Å². The van der Waals surface area contributed by atoms with Crippen LogP contribution in [0.15, 0.2) is 309 Å². The topological polar surface area (TPSA) is 356 Å². The van der Waals surface area contributed by atoms with E-state index in [0.29, 0.717) is 69.5 Å². The minimum atomic E-state index is -4.74. The molecule has 4 heterocycles. The van der Waals surface area contributed by atoms with Crippen molar-refractivity contribution in [2.24, 2.45) is 4.99 Å². The molecule has 4 N–H and O–H groups in total. The Morgan fingerprint density at radius 2 is 0.757 bits per heavy atom. The molecule has 4 aliphatic heterocycles. The molecule has 0 spiro atoms. The second-order valence-corrected chi connectivity index (χ2v) is 37.8. The minimum absolute atomic E-state index is 0. The van der Waals surface area contributed by atoms with E-state index in [0.717, 1.165) is 184 Å². The third-order valence-electron chi connectivity index (χ3n) is 25.1. The molecule has 0 amide bonds. The van der Waals surface area contributed by atoms with Gasteiger partial charge in [0.25, 0.3) is 0 Å². The molecule has 13 rings (SSSR count). The smallest absolute Gasteiger partial charge is 0.744 e. The largest absolute Gasteiger partial charge is 1.00 e. The van der Waals surface area contributed by atoms with Gasteiger partial charge in [-0.25, -0.2) is 8.42 Å². The number of nitrogens with zero attached hydrogens (tertiary/aromatic N) is 5. The molecule has 136 heavy (non-hydrogen) atoms. The Kier molecular flexibility index (Phi) is 46.8. The van der Waals surface area contributed by atoms with Crippen LogP contribution in [0.1, 0.15) is 208 Å². The quantitative estimate of drug-likeness (QED) is 0.00317. The van der Waals surface area contributed by atoms with Gasteiger partial charge in [0.15, 0.2) is 24.5 Å². The molecule has 0 saturated carbocycles. The van der Waals surface area contributed by atoms with Gasteiger partial charge in [0.2, 0.25) is 11.4 Å². The van der Waals surface area contributed by atoms with Crippen LogP contribution in [0.2, 0.25) is 0 Å². The summed E-state index contributed by atoms with van der Waals surface area (Å²) >= 11 is 2.62. The molecule has 9 aromatic rings. The van der Waals surface area contributed by atoms with Gasteiger partial charge in [0.1, 0.15) is 10.1 Å².